The van der Waals surface area contributed by atoms with E-state index in [2.05, 4.69) is 20.5 Å². The minimum absolute atomic E-state index is 0.0384. The molecule has 1 saturated heterocycles. The molecule has 0 bridgehead atoms. The van der Waals surface area contributed by atoms with E-state index < -0.39 is 0 Å². The first-order chi connectivity index (χ1) is 14.1. The third-order valence-electron chi connectivity index (χ3n) is 6.24. The number of nitrogens with one attached hydrogen (secondary N) is 1. The fraction of sp³-hybridized carbons (Fsp3) is 0.435. The SMILES string of the molecule is CCc1ccc([C@@H]2CCC(=[N+]3CCN(c4ccc(C#N)cc4F)CC3)C2)[nH]c1=O. The Labute approximate surface area is 170 Å². The largest absolute Gasteiger partial charge is 0.356 e. The van der Waals surface area contributed by atoms with Crippen molar-refractivity contribution in [1.82, 2.24) is 4.98 Å². The molecule has 1 aliphatic heterocycles. The lowest BCUT2D eigenvalue weighted by molar-refractivity contribution is -0.531. The number of rotatable bonds is 3. The van der Waals surface area contributed by atoms with Gasteiger partial charge in [0, 0.05) is 30.0 Å². The second-order valence-corrected chi connectivity index (χ2v) is 7.88. The van der Waals surface area contributed by atoms with Crippen LogP contribution in [0.2, 0.25) is 0 Å². The van der Waals surface area contributed by atoms with E-state index in [4.69, 9.17) is 5.26 Å². The van der Waals surface area contributed by atoms with E-state index in [1.807, 2.05) is 19.1 Å². The van der Waals surface area contributed by atoms with Gasteiger partial charge in [-0.1, -0.05) is 13.0 Å². The molecule has 1 saturated carbocycles. The van der Waals surface area contributed by atoms with E-state index >= 15 is 0 Å². The predicted octanol–water partition coefficient (Wildman–Crippen LogP) is 3.19. The number of aryl methyl sites for hydroxylation is 1. The molecule has 0 unspecified atom stereocenters. The van der Waals surface area contributed by atoms with E-state index in [-0.39, 0.29) is 11.4 Å². The topological polar surface area (TPSA) is 62.9 Å². The number of H-pyrrole nitrogens is 1. The van der Waals surface area contributed by atoms with Crippen molar-refractivity contribution in [3.63, 3.8) is 0 Å². The van der Waals surface area contributed by atoms with Gasteiger partial charge in [0.2, 0.25) is 0 Å². The second-order valence-electron chi connectivity index (χ2n) is 7.88. The number of benzene rings is 1. The monoisotopic (exact) mass is 393 g/mol. The normalized spacial score (nSPS) is 19.5. The van der Waals surface area contributed by atoms with Crippen LogP contribution in [0.1, 0.15) is 48.9 Å². The van der Waals surface area contributed by atoms with Gasteiger partial charge in [0.25, 0.3) is 5.56 Å². The lowest BCUT2D eigenvalue weighted by atomic mass is 10.0. The maximum atomic E-state index is 14.3. The van der Waals surface area contributed by atoms with E-state index in [1.54, 1.807) is 12.1 Å². The van der Waals surface area contributed by atoms with Gasteiger partial charge < -0.3 is 9.88 Å². The molecule has 1 atom stereocenters. The predicted molar refractivity (Wildman–Crippen MR) is 111 cm³/mol. The average Bonchev–Trinajstić information content (AvgIpc) is 3.24. The summed E-state index contributed by atoms with van der Waals surface area (Å²) in [6.45, 7) is 5.26. The fourth-order valence-corrected chi connectivity index (χ4v) is 4.51. The van der Waals surface area contributed by atoms with Crippen molar-refractivity contribution in [3.05, 3.63) is 63.3 Å². The van der Waals surface area contributed by atoms with Crippen LogP contribution in [0.3, 0.4) is 0 Å². The molecule has 6 heteroatoms. The van der Waals surface area contributed by atoms with Crippen LogP contribution in [0.4, 0.5) is 10.1 Å². The summed E-state index contributed by atoms with van der Waals surface area (Å²) in [5.41, 5.74) is 4.28. The summed E-state index contributed by atoms with van der Waals surface area (Å²) in [4.78, 5) is 17.3. The molecule has 2 aliphatic rings. The highest BCUT2D eigenvalue weighted by Gasteiger charge is 2.31. The summed E-state index contributed by atoms with van der Waals surface area (Å²) >= 11 is 0. The number of piperazine rings is 1. The van der Waals surface area contributed by atoms with Gasteiger partial charge in [-0.2, -0.15) is 5.26 Å². The van der Waals surface area contributed by atoms with Crippen molar-refractivity contribution < 1.29 is 8.97 Å². The number of aromatic nitrogens is 1. The quantitative estimate of drug-likeness (QED) is 0.815. The van der Waals surface area contributed by atoms with Gasteiger partial charge in [0.15, 0.2) is 18.8 Å². The average molecular weight is 393 g/mol. The Kier molecular flexibility index (Phi) is 5.48. The highest BCUT2D eigenvalue weighted by Crippen LogP contribution is 2.31. The summed E-state index contributed by atoms with van der Waals surface area (Å²) in [6, 6.07) is 10.7. The van der Waals surface area contributed by atoms with E-state index in [0.717, 1.165) is 63.1 Å². The molecule has 1 aromatic carbocycles. The zero-order chi connectivity index (χ0) is 20.4. The molecule has 2 heterocycles. The van der Waals surface area contributed by atoms with Gasteiger partial charge in [0.05, 0.1) is 30.4 Å². The molecule has 0 radical (unpaired) electrons. The molecule has 2 aromatic rings. The molecular weight excluding hydrogens is 367 g/mol. The van der Waals surface area contributed by atoms with Crippen LogP contribution in [-0.4, -0.2) is 41.5 Å². The minimum Gasteiger partial charge on any atom is -0.356 e. The van der Waals surface area contributed by atoms with Crippen LogP contribution in [0.25, 0.3) is 0 Å². The van der Waals surface area contributed by atoms with Crippen molar-refractivity contribution >= 4 is 11.4 Å². The number of nitriles is 1. The molecule has 29 heavy (non-hydrogen) atoms. The minimum atomic E-state index is -0.328. The van der Waals surface area contributed by atoms with Crippen molar-refractivity contribution in [1.29, 1.82) is 5.26 Å². The second kappa shape index (κ2) is 8.20. The van der Waals surface area contributed by atoms with Crippen molar-refractivity contribution in [2.75, 3.05) is 31.1 Å². The lowest BCUT2D eigenvalue weighted by Crippen LogP contribution is -2.44. The lowest BCUT2D eigenvalue weighted by Gasteiger charge is -2.28. The molecule has 5 nitrogen and oxygen atoms in total. The first kappa shape index (κ1) is 19.4. The fourth-order valence-electron chi connectivity index (χ4n) is 4.51. The summed E-state index contributed by atoms with van der Waals surface area (Å²) in [5, 5.41) is 8.91. The Morgan fingerprint density at radius 3 is 2.72 bits per heavy atom. The maximum Gasteiger partial charge on any atom is 0.251 e. The summed E-state index contributed by atoms with van der Waals surface area (Å²) < 4.78 is 16.7. The molecule has 2 fully saturated rings. The zero-order valence-corrected chi connectivity index (χ0v) is 16.7. The highest BCUT2D eigenvalue weighted by atomic mass is 19.1. The summed E-state index contributed by atoms with van der Waals surface area (Å²) in [7, 11) is 0. The number of hydrogen-bond donors (Lipinski definition) is 1. The zero-order valence-electron chi connectivity index (χ0n) is 16.7. The van der Waals surface area contributed by atoms with Gasteiger partial charge in [0.1, 0.15) is 5.82 Å². The van der Waals surface area contributed by atoms with E-state index in [1.165, 1.54) is 11.8 Å². The maximum absolute atomic E-state index is 14.3. The van der Waals surface area contributed by atoms with Gasteiger partial charge in [-0.3, -0.25) is 4.79 Å². The van der Waals surface area contributed by atoms with E-state index in [0.29, 0.717) is 17.2 Å². The van der Waals surface area contributed by atoms with E-state index in [9.17, 15) is 9.18 Å². The number of pyridine rings is 1. The van der Waals surface area contributed by atoms with Gasteiger partial charge in [-0.25, -0.2) is 8.97 Å². The first-order valence-electron chi connectivity index (χ1n) is 10.4. The molecule has 1 N–H and O–H groups in total. The van der Waals surface area contributed by atoms with Gasteiger partial charge in [-0.15, -0.1) is 0 Å². The molecule has 0 spiro atoms. The molecule has 4 rings (SSSR count). The van der Waals surface area contributed by atoms with Gasteiger partial charge >= 0.3 is 0 Å². The number of anilines is 1. The Hall–Kier alpha value is -2.94. The van der Waals surface area contributed by atoms with Crippen LogP contribution in [0.15, 0.2) is 35.1 Å². The Morgan fingerprint density at radius 2 is 2.07 bits per heavy atom. The van der Waals surface area contributed by atoms with Crippen LogP contribution < -0.4 is 10.5 Å². The molecular formula is C23H26FN4O+. The smallest absolute Gasteiger partial charge is 0.251 e. The standard InChI is InChI=1S/C23H25FN4O/c1-2-17-5-7-21(26-23(17)29)18-4-6-19(14-18)27-9-11-28(12-10-27)22-8-3-16(15-25)13-20(22)24/h3,5,7-8,13,18H,2,4,6,9-12,14H2,1H3/p+1/t18-/m1/s1. The summed E-state index contributed by atoms with van der Waals surface area (Å²) in [6.07, 6.45) is 3.84. The highest BCUT2D eigenvalue weighted by molar-refractivity contribution is 5.83. The Balaban J connectivity index is 1.43. The number of aromatic amines is 1. The molecule has 1 aliphatic carbocycles. The number of hydrogen-bond acceptors (Lipinski definition) is 3. The van der Waals surface area contributed by atoms with Crippen LogP contribution >= 0.6 is 0 Å². The van der Waals surface area contributed by atoms with Gasteiger partial charge in [-0.05, 0) is 37.1 Å². The third kappa shape index (κ3) is 3.95. The molecule has 0 amide bonds. The molecule has 150 valence electrons. The van der Waals surface area contributed by atoms with Crippen LogP contribution in [0, 0.1) is 17.1 Å². The molecule has 1 aromatic heterocycles. The van der Waals surface area contributed by atoms with Crippen LogP contribution in [-0.2, 0) is 6.42 Å². The Morgan fingerprint density at radius 1 is 1.28 bits per heavy atom. The van der Waals surface area contributed by atoms with Crippen molar-refractivity contribution in [2.24, 2.45) is 0 Å². The number of halogens is 1. The third-order valence-corrected chi connectivity index (χ3v) is 6.24. The van der Waals surface area contributed by atoms with Crippen molar-refractivity contribution in [3.8, 4) is 6.07 Å². The first-order valence-corrected chi connectivity index (χ1v) is 10.4. The number of nitrogens with zero attached hydrogens (tertiary/aromatic N) is 3. The van der Waals surface area contributed by atoms with Crippen LogP contribution in [0.5, 0.6) is 0 Å². The van der Waals surface area contributed by atoms with Crippen molar-refractivity contribution in [2.45, 2.75) is 38.5 Å². The summed E-state index contributed by atoms with van der Waals surface area (Å²) in [5.74, 6) is 0.0446. The Bertz CT molecular complexity index is 1040.